The highest BCUT2D eigenvalue weighted by atomic mass is 79.9. The molecule has 1 saturated heterocycles. The van der Waals surface area contributed by atoms with E-state index < -0.39 is 52.1 Å². The van der Waals surface area contributed by atoms with Crippen LogP contribution in [0, 0.1) is 10.8 Å². The molecular formula is C17H27BrO7. The van der Waals surface area contributed by atoms with Crippen LogP contribution in [0.5, 0.6) is 0 Å². The van der Waals surface area contributed by atoms with Gasteiger partial charge in [0.1, 0.15) is 6.10 Å². The fraction of sp³-hybridized carbons (Fsp3) is 0.824. The van der Waals surface area contributed by atoms with E-state index in [9.17, 15) is 14.4 Å². The Bertz CT molecular complexity index is 518. The number of halogens is 1. The molecule has 0 bridgehead atoms. The van der Waals surface area contributed by atoms with Crippen LogP contribution < -0.4 is 0 Å². The fourth-order valence-corrected chi connectivity index (χ4v) is 2.66. The third kappa shape index (κ3) is 5.95. The highest BCUT2D eigenvalue weighted by Crippen LogP contribution is 2.32. The Hall–Kier alpha value is -1.15. The van der Waals surface area contributed by atoms with Crippen molar-refractivity contribution >= 4 is 33.8 Å². The molecule has 0 amide bonds. The van der Waals surface area contributed by atoms with Gasteiger partial charge in [-0.05, 0) is 41.5 Å². The Kier molecular flexibility index (Phi) is 7.03. The maximum absolute atomic E-state index is 12.3. The monoisotopic (exact) mass is 422 g/mol. The molecule has 144 valence electrons. The first-order valence-electron chi connectivity index (χ1n) is 8.07. The average molecular weight is 423 g/mol. The molecule has 4 atom stereocenters. The van der Waals surface area contributed by atoms with Gasteiger partial charge in [-0.1, -0.05) is 15.9 Å². The molecule has 0 aromatic heterocycles. The van der Waals surface area contributed by atoms with Crippen molar-refractivity contribution in [2.24, 2.45) is 10.8 Å². The van der Waals surface area contributed by atoms with Gasteiger partial charge in [0.25, 0.3) is 0 Å². The van der Waals surface area contributed by atoms with Gasteiger partial charge in [0.05, 0.1) is 17.9 Å². The van der Waals surface area contributed by atoms with Crippen LogP contribution in [0.25, 0.3) is 0 Å². The molecule has 25 heavy (non-hydrogen) atoms. The van der Waals surface area contributed by atoms with E-state index in [1.807, 2.05) is 0 Å². The third-order valence-corrected chi connectivity index (χ3v) is 4.29. The number of rotatable bonds is 3. The first kappa shape index (κ1) is 21.9. The highest BCUT2D eigenvalue weighted by Gasteiger charge is 2.47. The number of ether oxygens (including phenoxy) is 4. The van der Waals surface area contributed by atoms with Gasteiger partial charge in [-0.3, -0.25) is 9.59 Å². The molecule has 0 N–H and O–H groups in total. The van der Waals surface area contributed by atoms with Crippen LogP contribution in [-0.4, -0.2) is 48.3 Å². The average Bonchev–Trinajstić information content (AvgIpc) is 2.47. The van der Waals surface area contributed by atoms with Crippen LogP contribution in [0.1, 0.15) is 48.0 Å². The Morgan fingerprint density at radius 3 is 1.88 bits per heavy atom. The van der Waals surface area contributed by atoms with Crippen LogP contribution in [0.4, 0.5) is 0 Å². The summed E-state index contributed by atoms with van der Waals surface area (Å²) in [5, 5.41) is -0.811. The molecule has 0 saturated carbocycles. The Morgan fingerprint density at radius 1 is 0.960 bits per heavy atom. The topological polar surface area (TPSA) is 88.1 Å². The van der Waals surface area contributed by atoms with Crippen LogP contribution >= 0.6 is 15.9 Å². The minimum atomic E-state index is -0.920. The number of carbonyl (C=O) groups excluding carboxylic acids is 3. The molecule has 0 aromatic rings. The maximum Gasteiger partial charge on any atom is 0.335 e. The highest BCUT2D eigenvalue weighted by molar-refractivity contribution is 9.09. The van der Waals surface area contributed by atoms with E-state index in [-0.39, 0.29) is 6.42 Å². The lowest BCUT2D eigenvalue weighted by Gasteiger charge is -2.39. The van der Waals surface area contributed by atoms with Crippen LogP contribution in [0.2, 0.25) is 0 Å². The van der Waals surface area contributed by atoms with Gasteiger partial charge in [-0.15, -0.1) is 0 Å². The number of alkyl halides is 1. The van der Waals surface area contributed by atoms with Crippen molar-refractivity contribution in [2.75, 3.05) is 7.11 Å². The van der Waals surface area contributed by atoms with E-state index in [2.05, 4.69) is 15.9 Å². The number of carbonyl (C=O) groups is 3. The Balaban J connectivity index is 3.03. The molecule has 1 aliphatic rings. The summed E-state index contributed by atoms with van der Waals surface area (Å²) in [6.07, 6.45) is -2.59. The van der Waals surface area contributed by atoms with Crippen molar-refractivity contribution in [3.8, 4) is 0 Å². The number of hydrogen-bond acceptors (Lipinski definition) is 7. The van der Waals surface area contributed by atoms with Gasteiger partial charge < -0.3 is 18.9 Å². The molecule has 0 aliphatic carbocycles. The molecule has 8 heteroatoms. The SMILES string of the molecule is COC(=O)[C@@H]1C[C@H](OC(=O)C(C)(C)C)[C@H](OC(=O)C(C)(C)C)[C@@H](Br)O1. The summed E-state index contributed by atoms with van der Waals surface area (Å²) in [7, 11) is 1.25. The largest absolute Gasteiger partial charge is 0.467 e. The van der Waals surface area contributed by atoms with Gasteiger partial charge in [0, 0.05) is 6.42 Å². The normalized spacial score (nSPS) is 27.4. The van der Waals surface area contributed by atoms with Gasteiger partial charge in [0.15, 0.2) is 17.2 Å². The molecule has 7 nitrogen and oxygen atoms in total. The van der Waals surface area contributed by atoms with Crippen molar-refractivity contribution in [2.45, 2.75) is 71.3 Å². The second kappa shape index (κ2) is 8.03. The second-order valence-corrected chi connectivity index (χ2v) is 8.95. The number of methoxy groups -OCH3 is 1. The molecule has 1 fully saturated rings. The summed E-state index contributed by atoms with van der Waals surface area (Å²) in [5.41, 5.74) is -1.47. The lowest BCUT2D eigenvalue weighted by atomic mass is 9.95. The van der Waals surface area contributed by atoms with Crippen LogP contribution in [0.15, 0.2) is 0 Å². The van der Waals surface area contributed by atoms with Crippen molar-refractivity contribution in [1.29, 1.82) is 0 Å². The zero-order valence-electron chi connectivity index (χ0n) is 15.8. The summed E-state index contributed by atoms with van der Waals surface area (Å²) in [6.45, 7) is 10.3. The summed E-state index contributed by atoms with van der Waals surface area (Å²) in [6, 6.07) is 0. The minimum Gasteiger partial charge on any atom is -0.467 e. The molecular weight excluding hydrogens is 396 g/mol. The summed E-state index contributed by atoms with van der Waals surface area (Å²) >= 11 is 3.27. The first-order chi connectivity index (χ1) is 11.3. The summed E-state index contributed by atoms with van der Waals surface area (Å²) < 4.78 is 21.3. The second-order valence-electron chi connectivity index (χ2n) is 8.05. The van der Waals surface area contributed by atoms with E-state index in [0.29, 0.717) is 0 Å². The molecule has 0 radical (unpaired) electrons. The van der Waals surface area contributed by atoms with Gasteiger partial charge >= 0.3 is 17.9 Å². The van der Waals surface area contributed by atoms with Crippen molar-refractivity contribution in [1.82, 2.24) is 0 Å². The smallest absolute Gasteiger partial charge is 0.335 e. The van der Waals surface area contributed by atoms with E-state index in [1.165, 1.54) is 7.11 Å². The molecule has 0 aromatic carbocycles. The summed E-state index contributed by atoms with van der Waals surface area (Å²) in [5.74, 6) is -1.50. The van der Waals surface area contributed by atoms with E-state index >= 15 is 0 Å². The Labute approximate surface area is 156 Å². The van der Waals surface area contributed by atoms with Gasteiger partial charge in [-0.2, -0.15) is 0 Å². The van der Waals surface area contributed by atoms with E-state index in [1.54, 1.807) is 41.5 Å². The third-order valence-electron chi connectivity index (χ3n) is 3.56. The predicted octanol–water partition coefficient (Wildman–Crippen LogP) is 2.59. The fourth-order valence-electron chi connectivity index (χ4n) is 1.95. The lowest BCUT2D eigenvalue weighted by molar-refractivity contribution is -0.207. The molecule has 1 heterocycles. The molecule has 1 rings (SSSR count). The van der Waals surface area contributed by atoms with E-state index in [4.69, 9.17) is 18.9 Å². The molecule has 0 spiro atoms. The minimum absolute atomic E-state index is 0.0404. The van der Waals surface area contributed by atoms with Crippen molar-refractivity contribution < 1.29 is 33.3 Å². The standard InChI is InChI=1S/C17H27BrO7/c1-16(2,3)14(20)24-9-8-10(13(19)22-7)23-12(18)11(9)25-15(21)17(4,5)6/h9-12H,8H2,1-7H3/t9-,10-,11-,12-/m0/s1. The summed E-state index contributed by atoms with van der Waals surface area (Å²) in [4.78, 5) is 36.3. The van der Waals surface area contributed by atoms with E-state index in [0.717, 1.165) is 0 Å². The van der Waals surface area contributed by atoms with Gasteiger partial charge in [0.2, 0.25) is 0 Å². The number of esters is 3. The lowest BCUT2D eigenvalue weighted by Crippen LogP contribution is -2.53. The van der Waals surface area contributed by atoms with Crippen molar-refractivity contribution in [3.63, 3.8) is 0 Å². The molecule has 1 aliphatic heterocycles. The quantitative estimate of drug-likeness (QED) is 0.392. The maximum atomic E-state index is 12.3. The Morgan fingerprint density at radius 2 is 1.44 bits per heavy atom. The van der Waals surface area contributed by atoms with Gasteiger partial charge in [-0.25, -0.2) is 4.79 Å². The molecule has 0 unspecified atom stereocenters. The predicted molar refractivity (Wildman–Crippen MR) is 92.9 cm³/mol. The number of hydrogen-bond donors (Lipinski definition) is 0. The van der Waals surface area contributed by atoms with Crippen LogP contribution in [0.3, 0.4) is 0 Å². The zero-order valence-corrected chi connectivity index (χ0v) is 17.3. The first-order valence-corrected chi connectivity index (χ1v) is 8.98. The zero-order chi connectivity index (χ0) is 19.6. The van der Waals surface area contributed by atoms with Crippen molar-refractivity contribution in [3.05, 3.63) is 0 Å². The van der Waals surface area contributed by atoms with Crippen LogP contribution in [-0.2, 0) is 33.3 Å².